The summed E-state index contributed by atoms with van der Waals surface area (Å²) >= 11 is 0. The molecule has 0 aromatic rings. The second-order valence-electron chi connectivity index (χ2n) is 2.75. The van der Waals surface area contributed by atoms with E-state index in [0.29, 0.717) is 6.42 Å². The summed E-state index contributed by atoms with van der Waals surface area (Å²) in [6, 6.07) is 0. The molecule has 1 aliphatic carbocycles. The minimum atomic E-state index is -1.24. The average molecular weight is 143 g/mol. The Morgan fingerprint density at radius 3 is 2.10 bits per heavy atom. The molecule has 1 rings (SSSR count). The topological polar surface area (TPSA) is 80.4 Å². The van der Waals surface area contributed by atoms with E-state index in [0.717, 1.165) is 0 Å². The highest BCUT2D eigenvalue weighted by Gasteiger charge is 2.62. The first-order valence-electron chi connectivity index (χ1n) is 3.05. The van der Waals surface area contributed by atoms with Crippen molar-refractivity contribution in [3.8, 4) is 0 Å². The molecule has 3 N–H and O–H groups in total. The second kappa shape index (κ2) is 1.71. The summed E-state index contributed by atoms with van der Waals surface area (Å²) < 4.78 is 0. The first-order chi connectivity index (χ1) is 4.51. The van der Waals surface area contributed by atoms with Gasteiger partial charge in [-0.1, -0.05) is 6.92 Å². The summed E-state index contributed by atoms with van der Waals surface area (Å²) in [5.74, 6) is -1.90. The van der Waals surface area contributed by atoms with Crippen molar-refractivity contribution in [1.82, 2.24) is 0 Å². The number of carbonyl (C=O) groups excluding carboxylic acids is 1. The van der Waals surface area contributed by atoms with Crippen LogP contribution in [0.4, 0.5) is 0 Å². The smallest absolute Gasteiger partial charge is 0.319 e. The lowest BCUT2D eigenvalue weighted by Gasteiger charge is -2.03. The van der Waals surface area contributed by atoms with Gasteiger partial charge in [0, 0.05) is 0 Å². The third kappa shape index (κ3) is 0.616. The Labute approximate surface area is 58.0 Å². The number of nitrogens with two attached hydrogens (primary N) is 1. The van der Waals surface area contributed by atoms with Crippen molar-refractivity contribution in [2.24, 2.45) is 17.1 Å². The Morgan fingerprint density at radius 2 is 2.10 bits per heavy atom. The van der Waals surface area contributed by atoms with Gasteiger partial charge in [0.05, 0.1) is 0 Å². The third-order valence-electron chi connectivity index (χ3n) is 2.13. The zero-order valence-electron chi connectivity index (χ0n) is 5.63. The maximum absolute atomic E-state index is 10.6. The Morgan fingerprint density at radius 1 is 1.70 bits per heavy atom. The van der Waals surface area contributed by atoms with Crippen molar-refractivity contribution in [3.05, 3.63) is 0 Å². The molecule has 2 atom stereocenters. The maximum atomic E-state index is 10.6. The second-order valence-corrected chi connectivity index (χ2v) is 2.75. The van der Waals surface area contributed by atoms with Crippen LogP contribution < -0.4 is 5.73 Å². The van der Waals surface area contributed by atoms with Gasteiger partial charge in [0.1, 0.15) is 5.41 Å². The molecule has 10 heavy (non-hydrogen) atoms. The van der Waals surface area contributed by atoms with Gasteiger partial charge in [-0.05, 0) is 12.3 Å². The van der Waals surface area contributed by atoms with Gasteiger partial charge in [-0.25, -0.2) is 0 Å². The molecule has 1 amide bonds. The summed E-state index contributed by atoms with van der Waals surface area (Å²) in [7, 11) is 0. The van der Waals surface area contributed by atoms with Crippen molar-refractivity contribution in [1.29, 1.82) is 0 Å². The lowest BCUT2D eigenvalue weighted by atomic mass is 10.0. The Hall–Kier alpha value is -1.06. The zero-order chi connectivity index (χ0) is 7.94. The van der Waals surface area contributed by atoms with Crippen molar-refractivity contribution < 1.29 is 14.7 Å². The van der Waals surface area contributed by atoms with Crippen molar-refractivity contribution in [2.75, 3.05) is 0 Å². The van der Waals surface area contributed by atoms with Gasteiger partial charge in [-0.2, -0.15) is 0 Å². The Bertz CT molecular complexity index is 185. The molecule has 56 valence electrons. The monoisotopic (exact) mass is 143 g/mol. The number of aliphatic carboxylic acids is 1. The predicted molar refractivity (Wildman–Crippen MR) is 33.0 cm³/mol. The van der Waals surface area contributed by atoms with E-state index in [1.54, 1.807) is 6.92 Å². The largest absolute Gasteiger partial charge is 0.480 e. The molecule has 4 nitrogen and oxygen atoms in total. The normalized spacial score (nSPS) is 37.1. The number of primary amides is 1. The Balaban J connectivity index is 2.83. The van der Waals surface area contributed by atoms with E-state index in [9.17, 15) is 9.59 Å². The number of hydrogen-bond donors (Lipinski definition) is 2. The average Bonchev–Trinajstić information content (AvgIpc) is 2.42. The van der Waals surface area contributed by atoms with Crippen molar-refractivity contribution >= 4 is 11.9 Å². The molecular weight excluding hydrogens is 134 g/mol. The van der Waals surface area contributed by atoms with Gasteiger partial charge in [0.25, 0.3) is 0 Å². The van der Waals surface area contributed by atoms with Crippen LogP contribution in [-0.2, 0) is 9.59 Å². The standard InChI is InChI=1S/C6H9NO3/c1-3-2-6(3,4(7)8)5(9)10/h3H,2H2,1H3,(H2,7,8)(H,9,10)/t3-,6+/m1/s1. The van der Waals surface area contributed by atoms with E-state index in [1.165, 1.54) is 0 Å². The van der Waals surface area contributed by atoms with E-state index >= 15 is 0 Å². The number of carboxylic acid groups (broad SMARTS) is 1. The Kier molecular flexibility index (Phi) is 1.21. The first-order valence-corrected chi connectivity index (χ1v) is 3.05. The van der Waals surface area contributed by atoms with E-state index in [4.69, 9.17) is 10.8 Å². The molecular formula is C6H9NO3. The minimum absolute atomic E-state index is 0.0949. The van der Waals surface area contributed by atoms with Gasteiger partial charge < -0.3 is 10.8 Å². The van der Waals surface area contributed by atoms with Gasteiger partial charge in [-0.15, -0.1) is 0 Å². The van der Waals surface area contributed by atoms with Crippen LogP contribution in [0.15, 0.2) is 0 Å². The number of hydrogen-bond acceptors (Lipinski definition) is 2. The molecule has 0 radical (unpaired) electrons. The SMILES string of the molecule is C[C@@H]1C[C@]1(C(N)=O)C(=O)O. The lowest BCUT2D eigenvalue weighted by Crippen LogP contribution is -2.33. The molecule has 1 saturated carbocycles. The van der Waals surface area contributed by atoms with Crippen LogP contribution in [0.1, 0.15) is 13.3 Å². The maximum Gasteiger partial charge on any atom is 0.319 e. The van der Waals surface area contributed by atoms with Crippen LogP contribution in [0, 0.1) is 11.3 Å². The molecule has 0 bridgehead atoms. The van der Waals surface area contributed by atoms with E-state index in [-0.39, 0.29) is 5.92 Å². The van der Waals surface area contributed by atoms with Crippen molar-refractivity contribution in [2.45, 2.75) is 13.3 Å². The van der Waals surface area contributed by atoms with E-state index in [1.807, 2.05) is 0 Å². The van der Waals surface area contributed by atoms with Crippen LogP contribution in [0.3, 0.4) is 0 Å². The van der Waals surface area contributed by atoms with Gasteiger partial charge in [-0.3, -0.25) is 9.59 Å². The zero-order valence-corrected chi connectivity index (χ0v) is 5.63. The van der Waals surface area contributed by atoms with Crippen LogP contribution in [-0.4, -0.2) is 17.0 Å². The fourth-order valence-electron chi connectivity index (χ4n) is 1.17. The van der Waals surface area contributed by atoms with Gasteiger partial charge in [0.2, 0.25) is 5.91 Å². The molecule has 1 fully saturated rings. The van der Waals surface area contributed by atoms with Crippen LogP contribution >= 0.6 is 0 Å². The fourth-order valence-corrected chi connectivity index (χ4v) is 1.17. The van der Waals surface area contributed by atoms with E-state index < -0.39 is 17.3 Å². The van der Waals surface area contributed by atoms with Gasteiger partial charge >= 0.3 is 5.97 Å². The third-order valence-corrected chi connectivity index (χ3v) is 2.13. The fraction of sp³-hybridized carbons (Fsp3) is 0.667. The molecule has 0 aliphatic heterocycles. The highest BCUT2D eigenvalue weighted by molar-refractivity contribution is 6.04. The van der Waals surface area contributed by atoms with Gasteiger partial charge in [0.15, 0.2) is 0 Å². The highest BCUT2D eigenvalue weighted by Crippen LogP contribution is 2.52. The number of rotatable bonds is 2. The highest BCUT2D eigenvalue weighted by atomic mass is 16.4. The quantitative estimate of drug-likeness (QED) is 0.515. The van der Waals surface area contributed by atoms with Crippen LogP contribution in [0.5, 0.6) is 0 Å². The van der Waals surface area contributed by atoms with E-state index in [2.05, 4.69) is 0 Å². The molecule has 0 saturated heterocycles. The lowest BCUT2D eigenvalue weighted by molar-refractivity contribution is -0.148. The summed E-state index contributed by atoms with van der Waals surface area (Å²) in [6.45, 7) is 1.71. The number of amides is 1. The minimum Gasteiger partial charge on any atom is -0.480 e. The summed E-state index contributed by atoms with van der Waals surface area (Å²) in [6.07, 6.45) is 0.387. The molecule has 4 heteroatoms. The number of carboxylic acids is 1. The molecule has 0 heterocycles. The molecule has 0 unspecified atom stereocenters. The molecule has 1 aliphatic rings. The van der Waals surface area contributed by atoms with Crippen LogP contribution in [0.2, 0.25) is 0 Å². The predicted octanol–water partition coefficient (Wildman–Crippen LogP) is -0.418. The first kappa shape index (κ1) is 7.05. The number of carbonyl (C=O) groups is 2. The molecule has 0 aromatic carbocycles. The summed E-state index contributed by atoms with van der Waals surface area (Å²) in [5, 5.41) is 8.54. The molecule has 0 spiro atoms. The van der Waals surface area contributed by atoms with Crippen LogP contribution in [0.25, 0.3) is 0 Å². The summed E-state index contributed by atoms with van der Waals surface area (Å²) in [4.78, 5) is 21.0. The summed E-state index contributed by atoms with van der Waals surface area (Å²) in [5.41, 5.74) is 3.67. The van der Waals surface area contributed by atoms with Crippen molar-refractivity contribution in [3.63, 3.8) is 0 Å². The molecule has 0 aromatic heterocycles.